The predicted octanol–water partition coefficient (Wildman–Crippen LogP) is 3.13. The predicted molar refractivity (Wildman–Crippen MR) is 94.2 cm³/mol. The van der Waals surface area contributed by atoms with E-state index in [0.717, 1.165) is 40.7 Å². The Hall–Kier alpha value is -2.82. The van der Waals surface area contributed by atoms with Gasteiger partial charge in [-0.15, -0.1) is 0 Å². The van der Waals surface area contributed by atoms with Crippen LogP contribution in [0.1, 0.15) is 23.7 Å². The molecule has 1 aliphatic heterocycles. The standard InChI is InChI=1S/C19H20N4O/c1-13-8-18-16(10-21-22-18)12-23(11-13)19(24)5-3-14-2-4-17-15(9-14)6-7-20-17/h2-7,9-10,13,20H,8,11-12H2,1H3,(H,21,22)/b5-3+. The molecule has 0 spiro atoms. The molecule has 4 rings (SSSR count). The van der Waals surface area contributed by atoms with Crippen LogP contribution >= 0.6 is 0 Å². The first-order valence-electron chi connectivity index (χ1n) is 8.24. The summed E-state index contributed by atoms with van der Waals surface area (Å²) in [6.45, 7) is 3.55. The molecule has 0 radical (unpaired) electrons. The van der Waals surface area contributed by atoms with Crippen LogP contribution in [0.3, 0.4) is 0 Å². The number of hydrogen-bond donors (Lipinski definition) is 2. The molecule has 1 aliphatic rings. The van der Waals surface area contributed by atoms with E-state index >= 15 is 0 Å². The maximum absolute atomic E-state index is 12.6. The zero-order chi connectivity index (χ0) is 16.5. The maximum atomic E-state index is 12.6. The second kappa shape index (κ2) is 6.00. The number of amides is 1. The van der Waals surface area contributed by atoms with E-state index in [4.69, 9.17) is 0 Å². The summed E-state index contributed by atoms with van der Waals surface area (Å²) in [4.78, 5) is 17.7. The monoisotopic (exact) mass is 320 g/mol. The second-order valence-electron chi connectivity index (χ2n) is 6.56. The highest BCUT2D eigenvalue weighted by Crippen LogP contribution is 2.20. The molecular formula is C19H20N4O. The molecule has 2 N–H and O–H groups in total. The molecule has 5 nitrogen and oxygen atoms in total. The van der Waals surface area contributed by atoms with Crippen molar-refractivity contribution in [2.75, 3.05) is 6.54 Å². The van der Waals surface area contributed by atoms with Crippen molar-refractivity contribution in [2.24, 2.45) is 5.92 Å². The van der Waals surface area contributed by atoms with E-state index in [1.807, 2.05) is 41.6 Å². The van der Waals surface area contributed by atoms with E-state index in [1.54, 1.807) is 6.08 Å². The average Bonchev–Trinajstić information content (AvgIpc) is 3.18. The Morgan fingerprint density at radius 1 is 1.38 bits per heavy atom. The number of carbonyl (C=O) groups excluding carboxylic acids is 1. The van der Waals surface area contributed by atoms with Gasteiger partial charge in [-0.1, -0.05) is 13.0 Å². The molecule has 0 aliphatic carbocycles. The van der Waals surface area contributed by atoms with E-state index in [1.165, 1.54) is 0 Å². The molecule has 3 aromatic rings. The highest BCUT2D eigenvalue weighted by molar-refractivity contribution is 5.92. The third-order valence-corrected chi connectivity index (χ3v) is 4.56. The zero-order valence-electron chi connectivity index (χ0n) is 13.6. The number of nitrogens with one attached hydrogen (secondary N) is 2. The zero-order valence-corrected chi connectivity index (χ0v) is 13.6. The van der Waals surface area contributed by atoms with Crippen molar-refractivity contribution < 1.29 is 4.79 Å². The quantitative estimate of drug-likeness (QED) is 0.713. The fraction of sp³-hybridized carbons (Fsp3) is 0.263. The summed E-state index contributed by atoms with van der Waals surface area (Å²) in [6, 6.07) is 8.16. The van der Waals surface area contributed by atoms with Crippen LogP contribution < -0.4 is 0 Å². The fourth-order valence-electron chi connectivity index (χ4n) is 3.33. The lowest BCUT2D eigenvalue weighted by atomic mass is 10.1. The number of carbonyl (C=O) groups is 1. The smallest absolute Gasteiger partial charge is 0.246 e. The number of hydrogen-bond acceptors (Lipinski definition) is 2. The second-order valence-corrected chi connectivity index (χ2v) is 6.56. The minimum Gasteiger partial charge on any atom is -0.361 e. The van der Waals surface area contributed by atoms with Gasteiger partial charge >= 0.3 is 0 Å². The molecule has 1 aromatic carbocycles. The largest absolute Gasteiger partial charge is 0.361 e. The van der Waals surface area contributed by atoms with E-state index in [9.17, 15) is 4.79 Å². The lowest BCUT2D eigenvalue weighted by molar-refractivity contribution is -0.127. The Bertz CT molecular complexity index is 905. The van der Waals surface area contributed by atoms with Crippen molar-refractivity contribution in [3.05, 3.63) is 59.6 Å². The Morgan fingerprint density at radius 2 is 2.29 bits per heavy atom. The van der Waals surface area contributed by atoms with Crippen LogP contribution in [0, 0.1) is 5.92 Å². The first-order chi connectivity index (χ1) is 11.7. The van der Waals surface area contributed by atoms with Gasteiger partial charge in [0.2, 0.25) is 5.91 Å². The summed E-state index contributed by atoms with van der Waals surface area (Å²) in [5.41, 5.74) is 4.41. The molecule has 0 bridgehead atoms. The summed E-state index contributed by atoms with van der Waals surface area (Å²) in [5, 5.41) is 8.31. The number of rotatable bonds is 2. The van der Waals surface area contributed by atoms with Crippen LogP contribution in [0.25, 0.3) is 17.0 Å². The van der Waals surface area contributed by atoms with Crippen LogP contribution in [-0.2, 0) is 17.8 Å². The van der Waals surface area contributed by atoms with Gasteiger partial charge in [-0.3, -0.25) is 9.89 Å². The van der Waals surface area contributed by atoms with Crippen molar-refractivity contribution in [1.29, 1.82) is 0 Å². The van der Waals surface area contributed by atoms with Gasteiger partial charge in [0.1, 0.15) is 0 Å². The van der Waals surface area contributed by atoms with E-state index in [0.29, 0.717) is 12.5 Å². The molecule has 1 atom stereocenters. The Kier molecular flexibility index (Phi) is 3.69. The van der Waals surface area contributed by atoms with Crippen LogP contribution in [0.2, 0.25) is 0 Å². The van der Waals surface area contributed by atoms with Gasteiger partial charge in [0.05, 0.1) is 6.20 Å². The lowest BCUT2D eigenvalue weighted by Gasteiger charge is -2.21. The minimum atomic E-state index is 0.0464. The Morgan fingerprint density at radius 3 is 3.21 bits per heavy atom. The van der Waals surface area contributed by atoms with Crippen molar-refractivity contribution >= 4 is 22.9 Å². The SMILES string of the molecule is CC1Cc2[nH]ncc2CN(C(=O)/C=C/c2ccc3[nH]ccc3c2)C1. The summed E-state index contributed by atoms with van der Waals surface area (Å²) >= 11 is 0. The van der Waals surface area contributed by atoms with Crippen LogP contribution in [0.5, 0.6) is 0 Å². The van der Waals surface area contributed by atoms with Crippen molar-refractivity contribution in [2.45, 2.75) is 19.9 Å². The van der Waals surface area contributed by atoms with Gasteiger partial charge in [-0.2, -0.15) is 5.10 Å². The topological polar surface area (TPSA) is 64.8 Å². The molecule has 3 heterocycles. The number of H-pyrrole nitrogens is 2. The molecule has 0 saturated carbocycles. The van der Waals surface area contributed by atoms with Gasteiger partial charge in [0.25, 0.3) is 0 Å². The molecule has 1 amide bonds. The minimum absolute atomic E-state index is 0.0464. The lowest BCUT2D eigenvalue weighted by Crippen LogP contribution is -2.31. The number of aromatic nitrogens is 3. The number of aromatic amines is 2. The number of fused-ring (bicyclic) bond motifs is 2. The summed E-state index contributed by atoms with van der Waals surface area (Å²) in [5.74, 6) is 0.463. The van der Waals surface area contributed by atoms with Crippen molar-refractivity contribution in [1.82, 2.24) is 20.1 Å². The van der Waals surface area contributed by atoms with E-state index < -0.39 is 0 Å². The van der Waals surface area contributed by atoms with Gasteiger partial charge in [-0.05, 0) is 47.6 Å². The summed E-state index contributed by atoms with van der Waals surface area (Å²) in [7, 11) is 0. The van der Waals surface area contributed by atoms with Crippen molar-refractivity contribution in [3.63, 3.8) is 0 Å². The fourth-order valence-corrected chi connectivity index (χ4v) is 3.33. The molecule has 0 fully saturated rings. The molecule has 2 aromatic heterocycles. The van der Waals surface area contributed by atoms with Gasteiger partial charge in [0, 0.05) is 42.1 Å². The van der Waals surface area contributed by atoms with E-state index in [2.05, 4.69) is 28.2 Å². The highest BCUT2D eigenvalue weighted by atomic mass is 16.2. The maximum Gasteiger partial charge on any atom is 0.246 e. The van der Waals surface area contributed by atoms with Gasteiger partial charge < -0.3 is 9.88 Å². The molecular weight excluding hydrogens is 300 g/mol. The number of nitrogens with zero attached hydrogens (tertiary/aromatic N) is 2. The van der Waals surface area contributed by atoms with Crippen LogP contribution in [0.15, 0.2) is 42.7 Å². The first kappa shape index (κ1) is 14.8. The van der Waals surface area contributed by atoms with Gasteiger partial charge in [0.15, 0.2) is 0 Å². The Balaban J connectivity index is 1.52. The molecule has 24 heavy (non-hydrogen) atoms. The first-order valence-corrected chi connectivity index (χ1v) is 8.24. The van der Waals surface area contributed by atoms with Gasteiger partial charge in [-0.25, -0.2) is 0 Å². The van der Waals surface area contributed by atoms with E-state index in [-0.39, 0.29) is 5.91 Å². The van der Waals surface area contributed by atoms with Crippen LogP contribution in [-0.4, -0.2) is 32.5 Å². The third-order valence-electron chi connectivity index (χ3n) is 4.56. The Labute approximate surface area is 140 Å². The van der Waals surface area contributed by atoms with Crippen molar-refractivity contribution in [3.8, 4) is 0 Å². The third kappa shape index (κ3) is 2.85. The van der Waals surface area contributed by atoms with Crippen LogP contribution in [0.4, 0.5) is 0 Å². The average molecular weight is 320 g/mol. The molecule has 5 heteroatoms. The normalized spacial score (nSPS) is 18.0. The molecule has 1 unspecified atom stereocenters. The summed E-state index contributed by atoms with van der Waals surface area (Å²) in [6.07, 6.45) is 8.25. The molecule has 122 valence electrons. The summed E-state index contributed by atoms with van der Waals surface area (Å²) < 4.78 is 0. The molecule has 0 saturated heterocycles. The number of benzene rings is 1. The highest BCUT2D eigenvalue weighted by Gasteiger charge is 2.22.